The van der Waals surface area contributed by atoms with Crippen molar-refractivity contribution in [2.24, 2.45) is 0 Å². The lowest BCUT2D eigenvalue weighted by atomic mass is 9.99. The molecule has 1 aliphatic heterocycles. The van der Waals surface area contributed by atoms with Gasteiger partial charge in [0.05, 0.1) is 27.4 Å². The maximum Gasteiger partial charge on any atom is 0.203 e. The highest BCUT2D eigenvalue weighted by atomic mass is 35.5. The number of hydrogen-bond acceptors (Lipinski definition) is 4. The van der Waals surface area contributed by atoms with Crippen molar-refractivity contribution in [3.8, 4) is 17.2 Å². The fourth-order valence-corrected chi connectivity index (χ4v) is 4.62. The van der Waals surface area contributed by atoms with Crippen LogP contribution in [-0.2, 0) is 6.54 Å². The highest BCUT2D eigenvalue weighted by Gasteiger charge is 2.32. The lowest BCUT2D eigenvalue weighted by Gasteiger charge is -2.39. The van der Waals surface area contributed by atoms with Gasteiger partial charge in [-0.05, 0) is 66.7 Å². The SMILES string of the molecule is COc1cc([C@@H]2c3cccn3CCN2C(=S)Nc2cccc(Cl)c2C)cc(OC)c1OC. The molecule has 4 rings (SSSR count). The molecule has 1 N–H and O–H groups in total. The van der Waals surface area contributed by atoms with E-state index in [1.807, 2.05) is 37.3 Å². The summed E-state index contributed by atoms with van der Waals surface area (Å²) in [6.07, 6.45) is 2.09. The molecule has 1 aliphatic rings. The summed E-state index contributed by atoms with van der Waals surface area (Å²) in [4.78, 5) is 2.19. The molecule has 0 aliphatic carbocycles. The number of ether oxygens (including phenoxy) is 3. The average molecular weight is 472 g/mol. The van der Waals surface area contributed by atoms with E-state index >= 15 is 0 Å². The normalized spacial score (nSPS) is 15.2. The number of halogens is 1. The van der Waals surface area contributed by atoms with Gasteiger partial charge in [-0.25, -0.2) is 0 Å². The van der Waals surface area contributed by atoms with Crippen LogP contribution in [0.5, 0.6) is 17.2 Å². The molecule has 3 aromatic rings. The first kappa shape index (κ1) is 22.3. The number of anilines is 1. The topological polar surface area (TPSA) is 47.9 Å². The standard InChI is InChI=1S/C24H26ClN3O3S/c1-15-17(25)7-5-8-18(15)26-24(32)28-12-11-27-10-6-9-19(27)22(28)16-13-20(29-2)23(31-4)21(14-16)30-3/h5-10,13-14,22H,11-12H2,1-4H3,(H,26,32)/t22-/m1/s1. The molecule has 1 aromatic heterocycles. The van der Waals surface area contributed by atoms with E-state index in [0.717, 1.165) is 35.6 Å². The third kappa shape index (κ3) is 3.98. The summed E-state index contributed by atoms with van der Waals surface area (Å²) < 4.78 is 19.0. The summed E-state index contributed by atoms with van der Waals surface area (Å²) in [7, 11) is 4.84. The quantitative estimate of drug-likeness (QED) is 0.511. The molecule has 0 bridgehead atoms. The van der Waals surface area contributed by atoms with Crippen LogP contribution in [0.1, 0.15) is 22.9 Å². The van der Waals surface area contributed by atoms with Crippen LogP contribution in [0.4, 0.5) is 5.69 Å². The first-order chi connectivity index (χ1) is 15.5. The van der Waals surface area contributed by atoms with Gasteiger partial charge in [-0.2, -0.15) is 0 Å². The molecular formula is C24H26ClN3O3S. The molecule has 6 nitrogen and oxygen atoms in total. The first-order valence-electron chi connectivity index (χ1n) is 10.3. The fraction of sp³-hybridized carbons (Fsp3) is 0.292. The smallest absolute Gasteiger partial charge is 0.203 e. The Morgan fingerprint density at radius 1 is 1.03 bits per heavy atom. The minimum Gasteiger partial charge on any atom is -0.493 e. The van der Waals surface area contributed by atoms with E-state index in [2.05, 4.69) is 33.1 Å². The zero-order valence-corrected chi connectivity index (χ0v) is 20.1. The van der Waals surface area contributed by atoms with Crippen molar-refractivity contribution in [2.75, 3.05) is 33.2 Å². The summed E-state index contributed by atoms with van der Waals surface area (Å²) in [6, 6.07) is 13.8. The van der Waals surface area contributed by atoms with Gasteiger partial charge in [0.1, 0.15) is 0 Å². The van der Waals surface area contributed by atoms with Crippen molar-refractivity contribution in [1.82, 2.24) is 9.47 Å². The van der Waals surface area contributed by atoms with E-state index in [0.29, 0.717) is 27.4 Å². The van der Waals surface area contributed by atoms with Crippen molar-refractivity contribution in [2.45, 2.75) is 19.5 Å². The lowest BCUT2D eigenvalue weighted by Crippen LogP contribution is -2.44. The molecule has 0 spiro atoms. The number of nitrogens with zero attached hydrogens (tertiary/aromatic N) is 2. The van der Waals surface area contributed by atoms with Gasteiger partial charge in [0.25, 0.3) is 0 Å². The van der Waals surface area contributed by atoms with Gasteiger partial charge in [0, 0.05) is 35.7 Å². The molecule has 0 saturated heterocycles. The number of nitrogens with one attached hydrogen (secondary N) is 1. The van der Waals surface area contributed by atoms with Gasteiger partial charge in [-0.1, -0.05) is 17.7 Å². The van der Waals surface area contributed by atoms with Crippen LogP contribution < -0.4 is 19.5 Å². The molecule has 2 heterocycles. The van der Waals surface area contributed by atoms with E-state index in [4.69, 9.17) is 38.0 Å². The van der Waals surface area contributed by atoms with Crippen molar-refractivity contribution in [3.63, 3.8) is 0 Å². The first-order valence-corrected chi connectivity index (χ1v) is 11.0. The summed E-state index contributed by atoms with van der Waals surface area (Å²) in [6.45, 7) is 3.55. The van der Waals surface area contributed by atoms with E-state index in [9.17, 15) is 0 Å². The van der Waals surface area contributed by atoms with Crippen molar-refractivity contribution in [3.05, 3.63) is 70.5 Å². The Hall–Kier alpha value is -2.90. The van der Waals surface area contributed by atoms with Gasteiger partial charge < -0.3 is 29.0 Å². The number of fused-ring (bicyclic) bond motifs is 1. The molecule has 0 saturated carbocycles. The third-order valence-electron chi connectivity index (χ3n) is 5.81. The molecule has 0 amide bonds. The van der Waals surface area contributed by atoms with Crippen LogP contribution in [0.2, 0.25) is 5.02 Å². The van der Waals surface area contributed by atoms with Crippen LogP contribution >= 0.6 is 23.8 Å². The molecule has 168 valence electrons. The van der Waals surface area contributed by atoms with Gasteiger partial charge >= 0.3 is 0 Å². The van der Waals surface area contributed by atoms with Gasteiger partial charge in [0.2, 0.25) is 5.75 Å². The second-order valence-electron chi connectivity index (χ2n) is 7.52. The van der Waals surface area contributed by atoms with Crippen LogP contribution in [-0.4, -0.2) is 42.5 Å². The second-order valence-corrected chi connectivity index (χ2v) is 8.32. The Kier molecular flexibility index (Phi) is 6.48. The second kappa shape index (κ2) is 9.30. The predicted molar refractivity (Wildman–Crippen MR) is 131 cm³/mol. The number of thiocarbonyl (C=S) groups is 1. The Morgan fingerprint density at radius 3 is 2.41 bits per heavy atom. The monoisotopic (exact) mass is 471 g/mol. The molecule has 0 fully saturated rings. The molecule has 0 unspecified atom stereocenters. The number of benzene rings is 2. The van der Waals surface area contributed by atoms with Gasteiger partial charge in [-0.15, -0.1) is 0 Å². The molecular weight excluding hydrogens is 446 g/mol. The minimum absolute atomic E-state index is 0.132. The van der Waals surface area contributed by atoms with Gasteiger partial charge in [0.15, 0.2) is 16.6 Å². The summed E-state index contributed by atoms with van der Waals surface area (Å²) in [5.41, 5.74) is 3.98. The van der Waals surface area contributed by atoms with Crippen molar-refractivity contribution < 1.29 is 14.2 Å². The summed E-state index contributed by atoms with van der Waals surface area (Å²) in [5.74, 6) is 1.77. The zero-order valence-electron chi connectivity index (χ0n) is 18.5. The van der Waals surface area contributed by atoms with E-state index < -0.39 is 0 Å². The Bertz CT molecular complexity index is 1120. The number of methoxy groups -OCH3 is 3. The Labute approximate surface area is 198 Å². The highest BCUT2D eigenvalue weighted by Crippen LogP contribution is 2.43. The van der Waals surface area contributed by atoms with E-state index in [1.54, 1.807) is 21.3 Å². The predicted octanol–water partition coefficient (Wildman–Crippen LogP) is 5.28. The maximum absolute atomic E-state index is 6.32. The minimum atomic E-state index is -0.132. The summed E-state index contributed by atoms with van der Waals surface area (Å²) >= 11 is 12.2. The van der Waals surface area contributed by atoms with Crippen molar-refractivity contribution in [1.29, 1.82) is 0 Å². The summed E-state index contributed by atoms with van der Waals surface area (Å²) in [5, 5.41) is 4.73. The molecule has 2 aromatic carbocycles. The molecule has 8 heteroatoms. The lowest BCUT2D eigenvalue weighted by molar-refractivity contribution is 0.288. The Morgan fingerprint density at radius 2 is 1.75 bits per heavy atom. The van der Waals surface area contributed by atoms with Gasteiger partial charge in [-0.3, -0.25) is 0 Å². The van der Waals surface area contributed by atoms with Crippen LogP contribution in [0.15, 0.2) is 48.7 Å². The van der Waals surface area contributed by atoms with E-state index in [1.165, 1.54) is 0 Å². The van der Waals surface area contributed by atoms with Crippen molar-refractivity contribution >= 4 is 34.6 Å². The third-order valence-corrected chi connectivity index (χ3v) is 6.56. The van der Waals surface area contributed by atoms with E-state index in [-0.39, 0.29) is 6.04 Å². The molecule has 32 heavy (non-hydrogen) atoms. The zero-order chi connectivity index (χ0) is 22.8. The number of rotatable bonds is 5. The average Bonchev–Trinajstić information content (AvgIpc) is 3.29. The molecule has 1 atom stereocenters. The Balaban J connectivity index is 1.77. The fourth-order valence-electron chi connectivity index (χ4n) is 4.14. The van der Waals surface area contributed by atoms with Crippen LogP contribution in [0, 0.1) is 6.92 Å². The largest absolute Gasteiger partial charge is 0.493 e. The van der Waals surface area contributed by atoms with Crippen LogP contribution in [0.25, 0.3) is 0 Å². The molecule has 0 radical (unpaired) electrons. The number of hydrogen-bond donors (Lipinski definition) is 1. The number of aromatic nitrogens is 1. The maximum atomic E-state index is 6.32. The highest BCUT2D eigenvalue weighted by molar-refractivity contribution is 7.80. The van der Waals surface area contributed by atoms with Crippen LogP contribution in [0.3, 0.4) is 0 Å².